The topological polar surface area (TPSA) is 85.1 Å². The number of carbonyl (C=O) groups is 1. The highest BCUT2D eigenvalue weighted by Gasteiger charge is 2.17. The minimum absolute atomic E-state index is 0.140. The average Bonchev–Trinajstić information content (AvgIpc) is 2.48. The summed E-state index contributed by atoms with van der Waals surface area (Å²) in [6.07, 6.45) is 3.28. The summed E-state index contributed by atoms with van der Waals surface area (Å²) in [4.78, 5) is 26.4. The Kier molecular flexibility index (Phi) is 4.64. The van der Waals surface area contributed by atoms with Gasteiger partial charge in [0.2, 0.25) is 0 Å². The van der Waals surface area contributed by atoms with Gasteiger partial charge in [0, 0.05) is 24.0 Å². The molecule has 0 bridgehead atoms. The van der Waals surface area contributed by atoms with E-state index in [-0.39, 0.29) is 23.2 Å². The fourth-order valence-electron chi connectivity index (χ4n) is 1.81. The molecule has 2 aromatic rings. The first-order valence-electron chi connectivity index (χ1n) is 6.14. The van der Waals surface area contributed by atoms with Crippen molar-refractivity contribution >= 4 is 27.5 Å². The summed E-state index contributed by atoms with van der Waals surface area (Å²) >= 11 is 3.09. The Labute approximate surface area is 129 Å². The van der Waals surface area contributed by atoms with Crippen LogP contribution in [0.15, 0.2) is 47.2 Å². The van der Waals surface area contributed by atoms with Crippen LogP contribution in [0.3, 0.4) is 0 Å². The molecule has 0 saturated heterocycles. The van der Waals surface area contributed by atoms with Crippen LogP contribution in [-0.4, -0.2) is 15.8 Å². The van der Waals surface area contributed by atoms with Crippen LogP contribution in [0.2, 0.25) is 0 Å². The van der Waals surface area contributed by atoms with Crippen molar-refractivity contribution in [3.05, 3.63) is 68.4 Å². The number of halogens is 1. The highest BCUT2D eigenvalue weighted by Crippen LogP contribution is 2.25. The first-order valence-corrected chi connectivity index (χ1v) is 6.93. The average molecular weight is 350 g/mol. The van der Waals surface area contributed by atoms with Crippen molar-refractivity contribution in [2.45, 2.75) is 13.0 Å². The summed E-state index contributed by atoms with van der Waals surface area (Å²) in [6.45, 7) is 1.83. The van der Waals surface area contributed by atoms with Gasteiger partial charge in [-0.1, -0.05) is 0 Å². The van der Waals surface area contributed by atoms with Crippen LogP contribution in [0.5, 0.6) is 0 Å². The second-order valence-electron chi connectivity index (χ2n) is 4.40. The predicted octanol–water partition coefficient (Wildman–Crippen LogP) is 3.24. The number of hydrogen-bond donors (Lipinski definition) is 1. The molecule has 0 aliphatic heterocycles. The number of amides is 1. The largest absolute Gasteiger partial charge is 0.346 e. The number of hydrogen-bond acceptors (Lipinski definition) is 4. The molecule has 1 aromatic heterocycles. The van der Waals surface area contributed by atoms with E-state index in [0.717, 1.165) is 5.56 Å². The van der Waals surface area contributed by atoms with E-state index in [1.807, 2.05) is 6.92 Å². The van der Waals surface area contributed by atoms with Gasteiger partial charge in [-0.3, -0.25) is 19.9 Å². The number of nitro benzene ring substituents is 1. The Morgan fingerprint density at radius 2 is 2.00 bits per heavy atom. The Balaban J connectivity index is 2.17. The van der Waals surface area contributed by atoms with E-state index in [2.05, 4.69) is 26.2 Å². The van der Waals surface area contributed by atoms with Crippen molar-refractivity contribution in [2.75, 3.05) is 0 Å². The van der Waals surface area contributed by atoms with E-state index < -0.39 is 4.92 Å². The molecule has 0 fully saturated rings. The van der Waals surface area contributed by atoms with Gasteiger partial charge in [-0.2, -0.15) is 0 Å². The summed E-state index contributed by atoms with van der Waals surface area (Å²) in [5, 5.41) is 13.7. The zero-order chi connectivity index (χ0) is 15.4. The third kappa shape index (κ3) is 3.63. The monoisotopic (exact) mass is 349 g/mol. The summed E-state index contributed by atoms with van der Waals surface area (Å²) in [6, 6.07) is 7.65. The van der Waals surface area contributed by atoms with E-state index in [1.165, 1.54) is 18.2 Å². The fourth-order valence-corrected chi connectivity index (χ4v) is 2.20. The Morgan fingerprint density at radius 3 is 2.62 bits per heavy atom. The zero-order valence-corrected chi connectivity index (χ0v) is 12.7. The second-order valence-corrected chi connectivity index (χ2v) is 5.25. The van der Waals surface area contributed by atoms with Gasteiger partial charge >= 0.3 is 0 Å². The van der Waals surface area contributed by atoms with E-state index in [1.54, 1.807) is 24.5 Å². The third-order valence-corrected chi connectivity index (χ3v) is 3.63. The number of nitro groups is 1. The van der Waals surface area contributed by atoms with E-state index >= 15 is 0 Å². The molecule has 7 heteroatoms. The van der Waals surface area contributed by atoms with E-state index in [4.69, 9.17) is 0 Å². The van der Waals surface area contributed by atoms with Crippen LogP contribution < -0.4 is 5.32 Å². The molecule has 0 radical (unpaired) electrons. The van der Waals surface area contributed by atoms with Crippen molar-refractivity contribution in [1.29, 1.82) is 0 Å². The number of aromatic nitrogens is 1. The highest BCUT2D eigenvalue weighted by atomic mass is 79.9. The molecule has 2 rings (SSSR count). The molecule has 0 aliphatic carbocycles. The summed E-state index contributed by atoms with van der Waals surface area (Å²) in [7, 11) is 0. The fraction of sp³-hybridized carbons (Fsp3) is 0.143. The molecule has 1 aromatic carbocycles. The molecule has 0 saturated carbocycles. The lowest BCUT2D eigenvalue weighted by atomic mass is 10.1. The van der Waals surface area contributed by atoms with Crippen LogP contribution in [0, 0.1) is 10.1 Å². The van der Waals surface area contributed by atoms with Crippen LogP contribution in [-0.2, 0) is 0 Å². The highest BCUT2D eigenvalue weighted by molar-refractivity contribution is 9.10. The number of nitrogens with zero attached hydrogens (tertiary/aromatic N) is 2. The molecular weight excluding hydrogens is 338 g/mol. The molecule has 0 spiro atoms. The number of rotatable bonds is 4. The third-order valence-electron chi connectivity index (χ3n) is 2.96. The van der Waals surface area contributed by atoms with Gasteiger partial charge in [-0.25, -0.2) is 0 Å². The van der Waals surface area contributed by atoms with Gasteiger partial charge < -0.3 is 5.32 Å². The minimum Gasteiger partial charge on any atom is -0.346 e. The van der Waals surface area contributed by atoms with E-state index in [9.17, 15) is 14.9 Å². The summed E-state index contributed by atoms with van der Waals surface area (Å²) in [5.74, 6) is -0.366. The van der Waals surface area contributed by atoms with Crippen molar-refractivity contribution < 1.29 is 9.72 Å². The van der Waals surface area contributed by atoms with Gasteiger partial charge in [0.1, 0.15) is 0 Å². The molecule has 0 aliphatic rings. The SMILES string of the molecule is CC(NC(=O)c1ccc(Br)c([N+](=O)[O-])c1)c1ccncc1. The molecule has 108 valence electrons. The predicted molar refractivity (Wildman–Crippen MR) is 80.9 cm³/mol. The first-order chi connectivity index (χ1) is 9.99. The van der Waals surface area contributed by atoms with Crippen molar-refractivity contribution in [3.63, 3.8) is 0 Å². The molecule has 21 heavy (non-hydrogen) atoms. The smallest absolute Gasteiger partial charge is 0.284 e. The molecule has 1 N–H and O–H groups in total. The maximum absolute atomic E-state index is 12.1. The van der Waals surface area contributed by atoms with Gasteiger partial charge in [0.25, 0.3) is 11.6 Å². The number of carbonyl (C=O) groups excluding carboxylic acids is 1. The molecule has 1 unspecified atom stereocenters. The molecule has 6 nitrogen and oxygen atoms in total. The Hall–Kier alpha value is -2.28. The van der Waals surface area contributed by atoms with Crippen molar-refractivity contribution in [1.82, 2.24) is 10.3 Å². The lowest BCUT2D eigenvalue weighted by Crippen LogP contribution is -2.26. The van der Waals surface area contributed by atoms with Crippen LogP contribution in [0.4, 0.5) is 5.69 Å². The first kappa shape index (κ1) is 15.1. The maximum Gasteiger partial charge on any atom is 0.284 e. The lowest BCUT2D eigenvalue weighted by molar-refractivity contribution is -0.385. The summed E-state index contributed by atoms with van der Waals surface area (Å²) in [5.41, 5.74) is 1.01. The Bertz CT molecular complexity index is 676. The molecule has 1 heterocycles. The summed E-state index contributed by atoms with van der Waals surface area (Å²) < 4.78 is 0.339. The second kappa shape index (κ2) is 6.45. The Morgan fingerprint density at radius 1 is 1.33 bits per heavy atom. The van der Waals surface area contributed by atoms with E-state index in [0.29, 0.717) is 4.47 Å². The van der Waals surface area contributed by atoms with Crippen molar-refractivity contribution in [2.24, 2.45) is 0 Å². The van der Waals surface area contributed by atoms with Crippen LogP contribution in [0.1, 0.15) is 28.9 Å². The quantitative estimate of drug-likeness (QED) is 0.678. The van der Waals surface area contributed by atoms with Gasteiger partial charge in [-0.15, -0.1) is 0 Å². The molecular formula is C14H12BrN3O3. The molecule has 1 atom stereocenters. The van der Waals surface area contributed by atoms with Gasteiger partial charge in [0.05, 0.1) is 15.4 Å². The maximum atomic E-state index is 12.1. The lowest BCUT2D eigenvalue weighted by Gasteiger charge is -2.14. The number of pyridine rings is 1. The van der Waals surface area contributed by atoms with Crippen LogP contribution >= 0.6 is 15.9 Å². The minimum atomic E-state index is -0.535. The zero-order valence-electron chi connectivity index (χ0n) is 11.1. The van der Waals surface area contributed by atoms with Gasteiger partial charge in [-0.05, 0) is 52.7 Å². The van der Waals surface area contributed by atoms with Gasteiger partial charge in [0.15, 0.2) is 0 Å². The number of benzene rings is 1. The standard InChI is InChI=1S/C14H12BrN3O3/c1-9(10-4-6-16-7-5-10)17-14(19)11-2-3-12(15)13(8-11)18(20)21/h2-9H,1H3,(H,17,19). The van der Waals surface area contributed by atoms with Crippen LogP contribution in [0.25, 0.3) is 0 Å². The molecule has 1 amide bonds. The number of nitrogens with one attached hydrogen (secondary N) is 1. The van der Waals surface area contributed by atoms with Crippen molar-refractivity contribution in [3.8, 4) is 0 Å². The normalized spacial score (nSPS) is 11.7.